The van der Waals surface area contributed by atoms with Gasteiger partial charge >= 0.3 is 5.97 Å². The van der Waals surface area contributed by atoms with E-state index in [9.17, 15) is 4.79 Å². The van der Waals surface area contributed by atoms with Crippen LogP contribution in [-0.2, 0) is 0 Å². The van der Waals surface area contributed by atoms with Crippen LogP contribution in [0.2, 0.25) is 15.5 Å². The second-order valence-electron chi connectivity index (χ2n) is 4.85. The molecule has 25 heavy (non-hydrogen) atoms. The highest BCUT2D eigenvalue weighted by Gasteiger charge is 2.10. The van der Waals surface area contributed by atoms with Gasteiger partial charge in [-0.2, -0.15) is 15.0 Å². The summed E-state index contributed by atoms with van der Waals surface area (Å²) in [7, 11) is 0. The van der Waals surface area contributed by atoms with Gasteiger partial charge in [-0.1, -0.05) is 23.2 Å². The number of aromatic nitrogens is 4. The van der Waals surface area contributed by atoms with Crippen LogP contribution in [-0.4, -0.2) is 43.6 Å². The number of aromatic carboxylic acids is 1. The third kappa shape index (κ3) is 7.68. The van der Waals surface area contributed by atoms with Crippen molar-refractivity contribution in [3.63, 3.8) is 0 Å². The van der Waals surface area contributed by atoms with E-state index in [4.69, 9.17) is 39.9 Å². The second-order valence-corrected chi connectivity index (χ2v) is 5.98. The zero-order chi connectivity index (χ0) is 19.0. The summed E-state index contributed by atoms with van der Waals surface area (Å²) < 4.78 is 0. The lowest BCUT2D eigenvalue weighted by atomic mass is 10.3. The van der Waals surface area contributed by atoms with Crippen molar-refractivity contribution in [2.45, 2.75) is 26.8 Å². The van der Waals surface area contributed by atoms with Gasteiger partial charge in [0.1, 0.15) is 5.15 Å². The van der Waals surface area contributed by atoms with Crippen LogP contribution in [0.3, 0.4) is 0 Å². The zero-order valence-corrected chi connectivity index (χ0v) is 16.0. The van der Waals surface area contributed by atoms with Crippen molar-refractivity contribution < 1.29 is 9.90 Å². The Morgan fingerprint density at radius 3 is 2.28 bits per heavy atom. The fraction of sp³-hybridized carbons (Fsp3) is 0.357. The number of carbonyl (C=O) groups is 1. The molecule has 0 unspecified atom stereocenters. The molecule has 0 aliphatic rings. The van der Waals surface area contributed by atoms with Crippen LogP contribution in [0.15, 0.2) is 12.1 Å². The van der Waals surface area contributed by atoms with Gasteiger partial charge < -0.3 is 15.7 Å². The Balaban J connectivity index is 0.000000257. The molecule has 0 fully saturated rings. The van der Waals surface area contributed by atoms with Crippen LogP contribution in [0, 0.1) is 0 Å². The largest absolute Gasteiger partial charge is 0.476 e. The standard InChI is InChI=1S/C8H14ClN5.C6H3Cl2NO2/c1-4-10-7-12-6(9)13-8(14-7)11-5(2)3;7-3-1-2-4(8)9-5(3)6(10)11/h5H,4H2,1-3H3,(H2,10,11,12,13,14);1-2H,(H,10,11). The first-order chi connectivity index (χ1) is 11.7. The average Bonchev–Trinajstić information content (AvgIpc) is 2.49. The first kappa shape index (κ1) is 21.1. The monoisotopic (exact) mass is 406 g/mol. The third-order valence-electron chi connectivity index (χ3n) is 2.38. The maximum atomic E-state index is 10.4. The normalized spacial score (nSPS) is 10.0. The Hall–Kier alpha value is -1.90. The van der Waals surface area contributed by atoms with Crippen molar-refractivity contribution in [2.75, 3.05) is 17.2 Å². The fourth-order valence-corrected chi connectivity index (χ4v) is 1.97. The minimum Gasteiger partial charge on any atom is -0.476 e. The number of nitrogens with one attached hydrogen (secondary N) is 2. The minimum absolute atomic E-state index is 0.0851. The van der Waals surface area contributed by atoms with Crippen molar-refractivity contribution in [1.82, 2.24) is 19.9 Å². The van der Waals surface area contributed by atoms with Crippen LogP contribution >= 0.6 is 34.8 Å². The Labute approximate surface area is 160 Å². The van der Waals surface area contributed by atoms with E-state index >= 15 is 0 Å². The van der Waals surface area contributed by atoms with Crippen molar-refractivity contribution in [3.05, 3.63) is 33.3 Å². The molecule has 136 valence electrons. The molecule has 0 spiro atoms. The summed E-state index contributed by atoms with van der Waals surface area (Å²) in [6.45, 7) is 6.73. The first-order valence-corrected chi connectivity index (χ1v) is 8.33. The molecule has 0 aromatic carbocycles. The molecular formula is C14H17Cl3N6O2. The van der Waals surface area contributed by atoms with Gasteiger partial charge in [-0.25, -0.2) is 9.78 Å². The van der Waals surface area contributed by atoms with Gasteiger partial charge in [0.05, 0.1) is 5.02 Å². The lowest BCUT2D eigenvalue weighted by molar-refractivity contribution is 0.0690. The average molecular weight is 408 g/mol. The van der Waals surface area contributed by atoms with Gasteiger partial charge in [0.25, 0.3) is 0 Å². The summed E-state index contributed by atoms with van der Waals surface area (Å²) in [4.78, 5) is 25.9. The van der Waals surface area contributed by atoms with Gasteiger partial charge in [-0.15, -0.1) is 0 Å². The molecule has 2 aromatic heterocycles. The van der Waals surface area contributed by atoms with E-state index in [0.717, 1.165) is 6.54 Å². The number of hydrogen-bond acceptors (Lipinski definition) is 7. The molecule has 0 bridgehead atoms. The van der Waals surface area contributed by atoms with E-state index in [-0.39, 0.29) is 27.2 Å². The Bertz CT molecular complexity index is 730. The smallest absolute Gasteiger partial charge is 0.356 e. The number of nitrogens with zero attached hydrogens (tertiary/aromatic N) is 4. The molecule has 0 radical (unpaired) electrons. The van der Waals surface area contributed by atoms with Gasteiger partial charge in [0.15, 0.2) is 5.69 Å². The number of rotatable bonds is 5. The summed E-state index contributed by atoms with van der Waals surface area (Å²) in [5, 5.41) is 14.9. The van der Waals surface area contributed by atoms with Crippen LogP contribution in [0.5, 0.6) is 0 Å². The maximum absolute atomic E-state index is 10.4. The SMILES string of the molecule is CCNc1nc(Cl)nc(NC(C)C)n1.O=C(O)c1nc(Cl)ccc1Cl. The molecule has 3 N–H and O–H groups in total. The third-order valence-corrected chi connectivity index (χ3v) is 3.06. The molecular weight excluding hydrogens is 391 g/mol. The van der Waals surface area contributed by atoms with E-state index in [0.29, 0.717) is 11.9 Å². The second kappa shape index (κ2) is 10.2. The predicted octanol–water partition coefficient (Wildman–Crippen LogP) is 3.86. The van der Waals surface area contributed by atoms with E-state index in [2.05, 4.69) is 30.6 Å². The van der Waals surface area contributed by atoms with Crippen LogP contribution in [0.25, 0.3) is 0 Å². The molecule has 11 heteroatoms. The molecule has 0 atom stereocenters. The van der Waals surface area contributed by atoms with Gasteiger partial charge in [-0.3, -0.25) is 0 Å². The molecule has 0 aliphatic carbocycles. The highest BCUT2D eigenvalue weighted by molar-refractivity contribution is 6.34. The highest BCUT2D eigenvalue weighted by Crippen LogP contribution is 2.16. The fourth-order valence-electron chi connectivity index (χ4n) is 1.48. The summed E-state index contributed by atoms with van der Waals surface area (Å²) in [6, 6.07) is 3.08. The topological polar surface area (TPSA) is 113 Å². The lowest BCUT2D eigenvalue weighted by Gasteiger charge is -2.09. The maximum Gasteiger partial charge on any atom is 0.356 e. The summed E-state index contributed by atoms with van der Waals surface area (Å²) in [6.07, 6.45) is 0. The first-order valence-electron chi connectivity index (χ1n) is 7.20. The van der Waals surface area contributed by atoms with Crippen LogP contribution in [0.1, 0.15) is 31.3 Å². The molecule has 2 heterocycles. The van der Waals surface area contributed by atoms with Gasteiger partial charge in [0, 0.05) is 12.6 Å². The van der Waals surface area contributed by atoms with Crippen LogP contribution < -0.4 is 10.6 Å². The number of carboxylic acid groups (broad SMARTS) is 1. The Morgan fingerprint density at radius 1 is 1.12 bits per heavy atom. The van der Waals surface area contributed by atoms with E-state index in [1.165, 1.54) is 12.1 Å². The number of anilines is 2. The molecule has 0 saturated carbocycles. The molecule has 0 saturated heterocycles. The van der Waals surface area contributed by atoms with E-state index in [1.54, 1.807) is 0 Å². The number of halogens is 3. The Kier molecular flexibility index (Phi) is 8.60. The molecule has 2 rings (SSSR count). The number of pyridine rings is 1. The molecule has 0 aliphatic heterocycles. The van der Waals surface area contributed by atoms with Gasteiger partial charge in [0.2, 0.25) is 17.2 Å². The van der Waals surface area contributed by atoms with Crippen molar-refractivity contribution >= 4 is 52.7 Å². The van der Waals surface area contributed by atoms with E-state index < -0.39 is 5.97 Å². The summed E-state index contributed by atoms with van der Waals surface area (Å²) >= 11 is 16.6. The quantitative estimate of drug-likeness (QED) is 0.640. The highest BCUT2D eigenvalue weighted by atomic mass is 35.5. The van der Waals surface area contributed by atoms with Crippen LogP contribution in [0.4, 0.5) is 11.9 Å². The summed E-state index contributed by atoms with van der Waals surface area (Å²) in [5.41, 5.74) is -0.223. The van der Waals surface area contributed by atoms with E-state index in [1.807, 2.05) is 20.8 Å². The van der Waals surface area contributed by atoms with Gasteiger partial charge in [-0.05, 0) is 44.5 Å². The Morgan fingerprint density at radius 2 is 1.76 bits per heavy atom. The summed E-state index contributed by atoms with van der Waals surface area (Å²) in [5.74, 6) is -0.191. The molecule has 8 nitrogen and oxygen atoms in total. The number of hydrogen-bond donors (Lipinski definition) is 3. The minimum atomic E-state index is -1.18. The number of carboxylic acids is 1. The van der Waals surface area contributed by atoms with Crippen molar-refractivity contribution in [1.29, 1.82) is 0 Å². The molecule has 0 amide bonds. The van der Waals surface area contributed by atoms with Crippen molar-refractivity contribution in [2.24, 2.45) is 0 Å². The van der Waals surface area contributed by atoms with Crippen molar-refractivity contribution in [3.8, 4) is 0 Å². The molecule has 2 aromatic rings. The zero-order valence-electron chi connectivity index (χ0n) is 13.7. The predicted molar refractivity (Wildman–Crippen MR) is 99.0 cm³/mol. The lowest BCUT2D eigenvalue weighted by Crippen LogP contribution is -2.14.